The van der Waals surface area contributed by atoms with Gasteiger partial charge in [0.05, 0.1) is 24.5 Å². The normalized spacial score (nSPS) is 28.2. The number of hydrogen-bond donors (Lipinski definition) is 0. The van der Waals surface area contributed by atoms with Crippen molar-refractivity contribution >= 4 is 23.7 Å². The van der Waals surface area contributed by atoms with E-state index in [-0.39, 0.29) is 12.1 Å². The zero-order chi connectivity index (χ0) is 19.1. The molecule has 4 atom stereocenters. The van der Waals surface area contributed by atoms with E-state index in [2.05, 4.69) is 9.97 Å². The zero-order valence-corrected chi connectivity index (χ0v) is 16.8. The summed E-state index contributed by atoms with van der Waals surface area (Å²) in [5.41, 5.74) is -0.579. The first-order valence-corrected chi connectivity index (χ1v) is 10.2. The van der Waals surface area contributed by atoms with Gasteiger partial charge in [-0.2, -0.15) is 0 Å². The molecule has 0 spiro atoms. The summed E-state index contributed by atoms with van der Waals surface area (Å²) >= 11 is 1.52. The summed E-state index contributed by atoms with van der Waals surface area (Å²) in [4.78, 5) is 24.8. The average molecular weight is 383 g/mol. The van der Waals surface area contributed by atoms with Gasteiger partial charge < -0.3 is 9.64 Å². The van der Waals surface area contributed by atoms with Gasteiger partial charge in [0.15, 0.2) is 0 Å². The smallest absolute Gasteiger partial charge is 0.410 e. The van der Waals surface area contributed by atoms with Crippen molar-refractivity contribution < 1.29 is 13.9 Å². The van der Waals surface area contributed by atoms with Crippen molar-refractivity contribution in [2.24, 2.45) is 0 Å². The van der Waals surface area contributed by atoms with Gasteiger partial charge in [-0.05, 0) is 46.3 Å². The van der Waals surface area contributed by atoms with Crippen LogP contribution in [0.1, 0.15) is 40.0 Å². The summed E-state index contributed by atoms with van der Waals surface area (Å²) in [5.74, 6) is 0.653. The molecular formula is C18H27FN4O2S. The van der Waals surface area contributed by atoms with Crippen LogP contribution in [0, 0.1) is 0 Å². The van der Waals surface area contributed by atoms with E-state index < -0.39 is 23.9 Å². The van der Waals surface area contributed by atoms with Gasteiger partial charge >= 0.3 is 6.09 Å². The van der Waals surface area contributed by atoms with Crippen molar-refractivity contribution in [3.05, 3.63) is 12.4 Å². The number of carbonyl (C=O) groups excluding carboxylic acids is 1. The second-order valence-electron chi connectivity index (χ2n) is 7.96. The molecule has 0 aromatic carbocycles. The highest BCUT2D eigenvalue weighted by Gasteiger charge is 2.52. The SMILES string of the molecule is CSc1cnc(N(C)[C@@H]2C[C@H]3CC[C@@H]([C@@H]2F)N3C(=O)OC(C)(C)C)cn1. The minimum atomic E-state index is -1.15. The number of nitrogens with zero attached hydrogens (tertiary/aromatic N) is 4. The molecule has 26 heavy (non-hydrogen) atoms. The van der Waals surface area contributed by atoms with E-state index in [9.17, 15) is 4.79 Å². The number of amides is 1. The quantitative estimate of drug-likeness (QED) is 0.746. The Labute approximate surface area is 158 Å². The summed E-state index contributed by atoms with van der Waals surface area (Å²) in [7, 11) is 1.85. The molecule has 2 saturated heterocycles. The number of fused-ring (bicyclic) bond motifs is 2. The molecule has 0 unspecified atom stereocenters. The third kappa shape index (κ3) is 3.75. The topological polar surface area (TPSA) is 58.6 Å². The average Bonchev–Trinajstić information content (AvgIpc) is 2.93. The van der Waals surface area contributed by atoms with Crippen molar-refractivity contribution in [1.82, 2.24) is 14.9 Å². The Kier molecular flexibility index (Phi) is 5.33. The fourth-order valence-electron chi connectivity index (χ4n) is 3.86. The fourth-order valence-corrected chi connectivity index (χ4v) is 4.18. The lowest BCUT2D eigenvalue weighted by Gasteiger charge is -2.44. The number of carbonyl (C=O) groups is 1. The number of rotatable bonds is 3. The third-order valence-electron chi connectivity index (χ3n) is 5.08. The van der Waals surface area contributed by atoms with Crippen LogP contribution in [0.2, 0.25) is 0 Å². The lowest BCUT2D eigenvalue weighted by Crippen LogP contribution is -2.59. The van der Waals surface area contributed by atoms with E-state index in [0.717, 1.165) is 11.4 Å². The van der Waals surface area contributed by atoms with Crippen LogP contribution < -0.4 is 4.90 Å². The Bertz CT molecular complexity index is 652. The van der Waals surface area contributed by atoms with Gasteiger partial charge in [-0.1, -0.05) is 0 Å². The number of ether oxygens (including phenoxy) is 1. The second-order valence-corrected chi connectivity index (χ2v) is 8.79. The molecule has 144 valence electrons. The first-order chi connectivity index (χ1) is 12.2. The summed E-state index contributed by atoms with van der Waals surface area (Å²) < 4.78 is 20.8. The zero-order valence-electron chi connectivity index (χ0n) is 16.0. The first kappa shape index (κ1) is 19.2. The van der Waals surface area contributed by atoms with E-state index in [1.165, 1.54) is 11.8 Å². The molecule has 2 fully saturated rings. The summed E-state index contributed by atoms with van der Waals surface area (Å²) in [6.07, 6.45) is 5.83. The highest BCUT2D eigenvalue weighted by molar-refractivity contribution is 7.98. The van der Waals surface area contributed by atoms with Gasteiger partial charge in [0.1, 0.15) is 22.6 Å². The van der Waals surface area contributed by atoms with Gasteiger partial charge in [0.2, 0.25) is 0 Å². The predicted octanol–water partition coefficient (Wildman–Crippen LogP) is 3.51. The lowest BCUT2D eigenvalue weighted by atomic mass is 9.94. The highest BCUT2D eigenvalue weighted by atomic mass is 32.2. The first-order valence-electron chi connectivity index (χ1n) is 8.95. The minimum absolute atomic E-state index is 0.00716. The second kappa shape index (κ2) is 7.21. The maximum Gasteiger partial charge on any atom is 0.410 e. The number of piperidine rings is 1. The molecule has 8 heteroatoms. The summed E-state index contributed by atoms with van der Waals surface area (Å²) in [6, 6.07) is -0.747. The molecule has 2 bridgehead atoms. The molecule has 0 radical (unpaired) electrons. The molecule has 1 aromatic heterocycles. The molecule has 1 aromatic rings. The van der Waals surface area contributed by atoms with Crippen molar-refractivity contribution in [2.45, 2.75) is 75.0 Å². The van der Waals surface area contributed by atoms with Gasteiger partial charge in [-0.3, -0.25) is 4.90 Å². The molecule has 0 N–H and O–H groups in total. The van der Waals surface area contributed by atoms with Gasteiger partial charge in [-0.25, -0.2) is 19.2 Å². The van der Waals surface area contributed by atoms with E-state index >= 15 is 4.39 Å². The number of anilines is 1. The monoisotopic (exact) mass is 382 g/mol. The highest BCUT2D eigenvalue weighted by Crippen LogP contribution is 2.40. The number of thioether (sulfide) groups is 1. The van der Waals surface area contributed by atoms with Crippen LogP contribution in [0.3, 0.4) is 0 Å². The third-order valence-corrected chi connectivity index (χ3v) is 5.71. The standard InChI is InChI=1S/C18H27FN4O2S/c1-18(2,3)25-17(24)23-11-6-7-12(23)16(19)13(8-11)22(4)14-9-21-15(26-5)10-20-14/h9-13,16H,6-8H2,1-5H3/t11-,12+,13-,16+/m1/s1. The Hall–Kier alpha value is -1.57. The van der Waals surface area contributed by atoms with Crippen LogP contribution in [-0.2, 0) is 4.74 Å². The van der Waals surface area contributed by atoms with Crippen molar-refractivity contribution in [2.75, 3.05) is 18.2 Å². The van der Waals surface area contributed by atoms with Gasteiger partial charge in [0, 0.05) is 13.1 Å². The number of aromatic nitrogens is 2. The molecule has 6 nitrogen and oxygen atoms in total. The van der Waals surface area contributed by atoms with E-state index in [0.29, 0.717) is 18.7 Å². The molecule has 1 amide bonds. The molecule has 0 saturated carbocycles. The molecule has 3 heterocycles. The summed E-state index contributed by atoms with van der Waals surface area (Å²) in [6.45, 7) is 5.49. The van der Waals surface area contributed by atoms with Crippen LogP contribution in [0.15, 0.2) is 17.4 Å². The van der Waals surface area contributed by atoms with Gasteiger partial charge in [-0.15, -0.1) is 11.8 Å². The predicted molar refractivity (Wildman–Crippen MR) is 100 cm³/mol. The van der Waals surface area contributed by atoms with Crippen molar-refractivity contribution in [1.29, 1.82) is 0 Å². The number of halogens is 1. The maximum atomic E-state index is 15.3. The van der Waals surface area contributed by atoms with Crippen LogP contribution in [0.5, 0.6) is 0 Å². The Balaban J connectivity index is 1.74. The van der Waals surface area contributed by atoms with Crippen LogP contribution in [-0.4, -0.2) is 64.2 Å². The number of alkyl halides is 1. The van der Waals surface area contributed by atoms with Crippen LogP contribution >= 0.6 is 11.8 Å². The Morgan fingerprint density at radius 1 is 1.35 bits per heavy atom. The molecule has 2 aliphatic rings. The molecule has 3 rings (SSSR count). The van der Waals surface area contributed by atoms with E-state index in [1.54, 1.807) is 17.3 Å². The Morgan fingerprint density at radius 2 is 2.08 bits per heavy atom. The lowest BCUT2D eigenvalue weighted by molar-refractivity contribution is -0.0103. The van der Waals surface area contributed by atoms with E-state index in [4.69, 9.17) is 4.74 Å². The molecule has 0 aliphatic carbocycles. The van der Waals surface area contributed by atoms with Gasteiger partial charge in [0.25, 0.3) is 0 Å². The largest absolute Gasteiger partial charge is 0.444 e. The number of hydrogen-bond acceptors (Lipinski definition) is 6. The summed E-state index contributed by atoms with van der Waals surface area (Å²) in [5, 5.41) is 0.832. The fraction of sp³-hybridized carbons (Fsp3) is 0.722. The molecule has 2 aliphatic heterocycles. The Morgan fingerprint density at radius 3 is 2.65 bits per heavy atom. The van der Waals surface area contributed by atoms with E-state index in [1.807, 2.05) is 39.0 Å². The van der Waals surface area contributed by atoms with Crippen LogP contribution in [0.4, 0.5) is 15.0 Å². The van der Waals surface area contributed by atoms with Crippen molar-refractivity contribution in [3.8, 4) is 0 Å². The van der Waals surface area contributed by atoms with Crippen LogP contribution in [0.25, 0.3) is 0 Å². The maximum absolute atomic E-state index is 15.3. The van der Waals surface area contributed by atoms with Crippen molar-refractivity contribution in [3.63, 3.8) is 0 Å². The minimum Gasteiger partial charge on any atom is -0.444 e. The molecular weight excluding hydrogens is 355 g/mol.